The Morgan fingerprint density at radius 1 is 1.45 bits per heavy atom. The Morgan fingerprint density at radius 3 is 2.90 bits per heavy atom. The highest BCUT2D eigenvalue weighted by Gasteiger charge is 2.14. The minimum Gasteiger partial charge on any atom is -0.496 e. The van der Waals surface area contributed by atoms with Gasteiger partial charge in [-0.15, -0.1) is 0 Å². The first kappa shape index (κ1) is 13.9. The van der Waals surface area contributed by atoms with Gasteiger partial charge in [-0.1, -0.05) is 0 Å². The Morgan fingerprint density at radius 2 is 2.25 bits per heavy atom. The van der Waals surface area contributed by atoms with Crippen LogP contribution in [-0.4, -0.2) is 29.2 Å². The van der Waals surface area contributed by atoms with Crippen LogP contribution in [0, 0.1) is 0 Å². The minimum absolute atomic E-state index is 0.261. The van der Waals surface area contributed by atoms with E-state index >= 15 is 0 Å². The fourth-order valence-electron chi connectivity index (χ4n) is 1.83. The summed E-state index contributed by atoms with van der Waals surface area (Å²) in [7, 11) is 3.38. The van der Waals surface area contributed by atoms with Crippen molar-refractivity contribution in [2.45, 2.75) is 6.42 Å². The standard InChI is InChI=1S/C14H17N3O3/c1-17-7-6-16-13(17)5-8-20-14(18)11-4-3-10(15)9-12(11)19-2/h3-4,6-7,9H,5,8,15H2,1-2H3. The molecule has 0 bridgehead atoms. The molecule has 0 radical (unpaired) electrons. The van der Waals surface area contributed by atoms with E-state index in [-0.39, 0.29) is 6.61 Å². The molecule has 0 spiro atoms. The number of nitrogen functional groups attached to an aromatic ring is 1. The van der Waals surface area contributed by atoms with Gasteiger partial charge in [0.15, 0.2) is 0 Å². The lowest BCUT2D eigenvalue weighted by Gasteiger charge is -2.09. The van der Waals surface area contributed by atoms with Crippen LogP contribution in [0.3, 0.4) is 0 Å². The minimum atomic E-state index is -0.434. The predicted molar refractivity (Wildman–Crippen MR) is 74.6 cm³/mol. The highest BCUT2D eigenvalue weighted by atomic mass is 16.5. The Balaban J connectivity index is 1.97. The quantitative estimate of drug-likeness (QED) is 0.659. The molecule has 0 saturated carbocycles. The average molecular weight is 275 g/mol. The number of anilines is 1. The van der Waals surface area contributed by atoms with Gasteiger partial charge in [-0.2, -0.15) is 0 Å². The van der Waals surface area contributed by atoms with Crippen LogP contribution in [0.25, 0.3) is 0 Å². The highest BCUT2D eigenvalue weighted by molar-refractivity contribution is 5.93. The maximum Gasteiger partial charge on any atom is 0.341 e. The van der Waals surface area contributed by atoms with Gasteiger partial charge in [0.1, 0.15) is 17.1 Å². The third-order valence-corrected chi connectivity index (χ3v) is 2.93. The largest absolute Gasteiger partial charge is 0.496 e. The molecule has 0 aliphatic heterocycles. The lowest BCUT2D eigenvalue weighted by Crippen LogP contribution is -2.11. The number of rotatable bonds is 5. The average Bonchev–Trinajstić information content (AvgIpc) is 2.84. The van der Waals surface area contributed by atoms with E-state index in [9.17, 15) is 4.79 Å². The van der Waals surface area contributed by atoms with Crippen LogP contribution in [0.5, 0.6) is 5.75 Å². The van der Waals surface area contributed by atoms with Crippen molar-refractivity contribution in [3.8, 4) is 5.75 Å². The number of aromatic nitrogens is 2. The van der Waals surface area contributed by atoms with Gasteiger partial charge in [-0.3, -0.25) is 0 Å². The lowest BCUT2D eigenvalue weighted by atomic mass is 10.2. The molecule has 0 amide bonds. The Labute approximate surface area is 117 Å². The summed E-state index contributed by atoms with van der Waals surface area (Å²) in [5.41, 5.74) is 6.54. The summed E-state index contributed by atoms with van der Waals surface area (Å²) >= 11 is 0. The number of hydrogen-bond donors (Lipinski definition) is 1. The van der Waals surface area contributed by atoms with Crippen LogP contribution >= 0.6 is 0 Å². The second-order valence-electron chi connectivity index (χ2n) is 4.30. The summed E-state index contributed by atoms with van der Waals surface area (Å²) in [6, 6.07) is 4.82. The van der Waals surface area contributed by atoms with E-state index in [4.69, 9.17) is 15.2 Å². The molecule has 2 N–H and O–H groups in total. The van der Waals surface area contributed by atoms with E-state index in [0.717, 1.165) is 5.82 Å². The fraction of sp³-hybridized carbons (Fsp3) is 0.286. The number of ether oxygens (including phenoxy) is 2. The molecule has 0 fully saturated rings. The van der Waals surface area contributed by atoms with Crippen molar-refractivity contribution >= 4 is 11.7 Å². The second-order valence-corrected chi connectivity index (χ2v) is 4.30. The number of carbonyl (C=O) groups is 1. The van der Waals surface area contributed by atoms with E-state index in [1.807, 2.05) is 17.8 Å². The van der Waals surface area contributed by atoms with Gasteiger partial charge in [0.05, 0.1) is 13.7 Å². The maximum atomic E-state index is 12.0. The topological polar surface area (TPSA) is 79.4 Å². The van der Waals surface area contributed by atoms with Crippen LogP contribution in [-0.2, 0) is 18.2 Å². The van der Waals surface area contributed by atoms with Gasteiger partial charge in [0.2, 0.25) is 0 Å². The second kappa shape index (κ2) is 6.10. The molecule has 6 heteroatoms. The maximum absolute atomic E-state index is 12.0. The molecule has 0 aliphatic rings. The van der Waals surface area contributed by atoms with Gasteiger partial charge in [0.25, 0.3) is 0 Å². The SMILES string of the molecule is COc1cc(N)ccc1C(=O)OCCc1nccn1C. The number of esters is 1. The molecule has 2 rings (SSSR count). The van der Waals surface area contributed by atoms with E-state index in [2.05, 4.69) is 4.98 Å². The zero-order valence-corrected chi connectivity index (χ0v) is 11.5. The molecular weight excluding hydrogens is 258 g/mol. The summed E-state index contributed by atoms with van der Waals surface area (Å²) in [6.07, 6.45) is 4.12. The molecular formula is C14H17N3O3. The van der Waals surface area contributed by atoms with Crippen molar-refractivity contribution in [3.05, 3.63) is 42.0 Å². The number of carbonyl (C=O) groups excluding carboxylic acids is 1. The Kier molecular flexibility index (Phi) is 4.24. The van der Waals surface area contributed by atoms with Gasteiger partial charge in [0, 0.05) is 37.6 Å². The molecule has 1 heterocycles. The molecule has 0 atom stereocenters. The lowest BCUT2D eigenvalue weighted by molar-refractivity contribution is 0.0503. The van der Waals surface area contributed by atoms with Gasteiger partial charge in [-0.25, -0.2) is 9.78 Å². The van der Waals surface area contributed by atoms with Crippen molar-refractivity contribution in [1.29, 1.82) is 0 Å². The number of aryl methyl sites for hydroxylation is 1. The molecule has 2 aromatic rings. The van der Waals surface area contributed by atoms with Gasteiger partial charge in [-0.05, 0) is 12.1 Å². The summed E-state index contributed by atoms with van der Waals surface area (Å²) in [6.45, 7) is 0.261. The predicted octanol–water partition coefficient (Wildman–Crippen LogP) is 1.41. The fourth-order valence-corrected chi connectivity index (χ4v) is 1.83. The summed E-state index contributed by atoms with van der Waals surface area (Å²) < 4.78 is 12.2. The molecule has 0 aliphatic carbocycles. The smallest absolute Gasteiger partial charge is 0.341 e. The van der Waals surface area contributed by atoms with Crippen molar-refractivity contribution in [3.63, 3.8) is 0 Å². The number of benzene rings is 1. The summed E-state index contributed by atoms with van der Waals surface area (Å²) in [4.78, 5) is 16.1. The van der Waals surface area contributed by atoms with E-state index < -0.39 is 5.97 Å². The van der Waals surface area contributed by atoms with Crippen LogP contribution in [0.1, 0.15) is 16.2 Å². The van der Waals surface area contributed by atoms with E-state index in [1.54, 1.807) is 24.4 Å². The number of nitrogens with two attached hydrogens (primary N) is 1. The summed E-state index contributed by atoms with van der Waals surface area (Å²) in [5, 5.41) is 0. The van der Waals surface area contributed by atoms with Crippen LogP contribution in [0.2, 0.25) is 0 Å². The normalized spacial score (nSPS) is 10.3. The molecule has 1 aromatic carbocycles. The molecule has 106 valence electrons. The number of methoxy groups -OCH3 is 1. The first-order valence-corrected chi connectivity index (χ1v) is 6.18. The molecule has 20 heavy (non-hydrogen) atoms. The molecule has 6 nitrogen and oxygen atoms in total. The van der Waals surface area contributed by atoms with Crippen molar-refractivity contribution in [2.24, 2.45) is 7.05 Å². The first-order chi connectivity index (χ1) is 9.61. The van der Waals surface area contributed by atoms with E-state index in [1.165, 1.54) is 7.11 Å². The zero-order chi connectivity index (χ0) is 14.5. The van der Waals surface area contributed by atoms with Gasteiger partial charge >= 0.3 is 5.97 Å². The highest BCUT2D eigenvalue weighted by Crippen LogP contribution is 2.22. The van der Waals surface area contributed by atoms with Crippen molar-refractivity contribution in [1.82, 2.24) is 9.55 Å². The molecule has 0 saturated heterocycles. The Bertz CT molecular complexity index is 607. The zero-order valence-electron chi connectivity index (χ0n) is 11.5. The summed E-state index contributed by atoms with van der Waals surface area (Å²) in [5.74, 6) is 0.838. The van der Waals surface area contributed by atoms with E-state index in [0.29, 0.717) is 23.4 Å². The van der Waals surface area contributed by atoms with Crippen molar-refractivity contribution in [2.75, 3.05) is 19.5 Å². The monoisotopic (exact) mass is 275 g/mol. The van der Waals surface area contributed by atoms with Crippen LogP contribution in [0.4, 0.5) is 5.69 Å². The third-order valence-electron chi connectivity index (χ3n) is 2.93. The van der Waals surface area contributed by atoms with Crippen molar-refractivity contribution < 1.29 is 14.3 Å². The number of nitrogens with zero attached hydrogens (tertiary/aromatic N) is 2. The number of hydrogen-bond acceptors (Lipinski definition) is 5. The molecule has 0 unspecified atom stereocenters. The molecule has 1 aromatic heterocycles. The van der Waals surface area contributed by atoms with Gasteiger partial charge < -0.3 is 19.8 Å². The van der Waals surface area contributed by atoms with Crippen LogP contribution in [0.15, 0.2) is 30.6 Å². The third kappa shape index (κ3) is 3.09. The number of imidazole rings is 1. The van der Waals surface area contributed by atoms with Crippen LogP contribution < -0.4 is 10.5 Å². The first-order valence-electron chi connectivity index (χ1n) is 6.18. The Hall–Kier alpha value is -2.50.